The van der Waals surface area contributed by atoms with Crippen molar-refractivity contribution in [2.24, 2.45) is 0 Å². The van der Waals surface area contributed by atoms with E-state index >= 15 is 0 Å². The summed E-state index contributed by atoms with van der Waals surface area (Å²) in [5, 5.41) is 0. The fourth-order valence-corrected chi connectivity index (χ4v) is 1.95. The molecule has 1 aromatic carbocycles. The van der Waals surface area contributed by atoms with Crippen molar-refractivity contribution in [1.29, 1.82) is 0 Å². The molecule has 14 heavy (non-hydrogen) atoms. The number of benzene rings is 1. The van der Waals surface area contributed by atoms with E-state index in [2.05, 4.69) is 37.3 Å². The van der Waals surface area contributed by atoms with E-state index in [1.165, 1.54) is 11.1 Å². The number of anilines is 1. The molecule has 0 heterocycles. The molecule has 2 rings (SSSR count). The van der Waals surface area contributed by atoms with Crippen LogP contribution in [-0.2, 0) is 0 Å². The summed E-state index contributed by atoms with van der Waals surface area (Å²) in [5.74, 6) is 0.507. The minimum atomic E-state index is 0.507. The van der Waals surface area contributed by atoms with Gasteiger partial charge in [-0.05, 0) is 29.5 Å². The lowest BCUT2D eigenvalue weighted by molar-refractivity contribution is 0.780. The van der Waals surface area contributed by atoms with Gasteiger partial charge in [0.1, 0.15) is 0 Å². The summed E-state index contributed by atoms with van der Waals surface area (Å²) in [6, 6.07) is 6.11. The van der Waals surface area contributed by atoms with Gasteiger partial charge in [0.05, 0.1) is 0 Å². The number of nitrogen functional groups attached to an aromatic ring is 1. The first kappa shape index (κ1) is 9.07. The highest BCUT2D eigenvalue weighted by Gasteiger charge is 2.11. The normalized spacial score (nSPS) is 19.9. The molecule has 0 saturated heterocycles. The number of hydrogen-bond donors (Lipinski definition) is 1. The summed E-state index contributed by atoms with van der Waals surface area (Å²) >= 11 is 0. The summed E-state index contributed by atoms with van der Waals surface area (Å²) in [5.41, 5.74) is 9.44. The van der Waals surface area contributed by atoms with Gasteiger partial charge in [0.15, 0.2) is 0 Å². The Morgan fingerprint density at radius 2 is 2.14 bits per heavy atom. The number of hydrogen-bond acceptors (Lipinski definition) is 1. The maximum atomic E-state index is 5.99. The van der Waals surface area contributed by atoms with Crippen molar-refractivity contribution in [2.45, 2.75) is 19.3 Å². The van der Waals surface area contributed by atoms with Gasteiger partial charge in [-0.1, -0.05) is 43.4 Å². The third kappa shape index (κ3) is 1.58. The van der Waals surface area contributed by atoms with Gasteiger partial charge in [-0.3, -0.25) is 0 Å². The Bertz CT molecular complexity index is 388. The molecule has 1 nitrogen and oxygen atoms in total. The number of allylic oxidation sites excluding steroid dienone is 3. The summed E-state index contributed by atoms with van der Waals surface area (Å²) in [6.45, 7) is 2.22. The monoisotopic (exact) mass is 185 g/mol. The molecule has 1 aliphatic carbocycles. The van der Waals surface area contributed by atoms with Crippen molar-refractivity contribution >= 4 is 11.8 Å². The Morgan fingerprint density at radius 1 is 1.29 bits per heavy atom. The fraction of sp³-hybridized carbons (Fsp3) is 0.231. The first-order chi connectivity index (χ1) is 6.79. The van der Waals surface area contributed by atoms with E-state index in [4.69, 9.17) is 5.73 Å². The highest BCUT2D eigenvalue weighted by atomic mass is 14.6. The Kier molecular flexibility index (Phi) is 2.40. The van der Waals surface area contributed by atoms with Crippen LogP contribution < -0.4 is 5.73 Å². The molecule has 0 aromatic heterocycles. The Hall–Kier alpha value is -1.50. The van der Waals surface area contributed by atoms with Crippen LogP contribution in [0.3, 0.4) is 0 Å². The van der Waals surface area contributed by atoms with Crippen LogP contribution in [0.5, 0.6) is 0 Å². The van der Waals surface area contributed by atoms with Crippen LogP contribution in [0.4, 0.5) is 5.69 Å². The Balaban J connectivity index is 2.57. The van der Waals surface area contributed by atoms with Crippen molar-refractivity contribution in [3.8, 4) is 0 Å². The second-order valence-electron chi connectivity index (χ2n) is 3.77. The van der Waals surface area contributed by atoms with Gasteiger partial charge in [0.25, 0.3) is 0 Å². The lowest BCUT2D eigenvalue weighted by Crippen LogP contribution is -2.02. The zero-order valence-corrected chi connectivity index (χ0v) is 8.40. The SMILES string of the molecule is CC1CC=CC=Cc2cccc(N)c21. The van der Waals surface area contributed by atoms with E-state index in [1.807, 2.05) is 12.1 Å². The molecule has 0 amide bonds. The van der Waals surface area contributed by atoms with Crippen LogP contribution in [0.25, 0.3) is 6.08 Å². The molecule has 72 valence electrons. The van der Waals surface area contributed by atoms with E-state index in [9.17, 15) is 0 Å². The van der Waals surface area contributed by atoms with Crippen molar-refractivity contribution in [1.82, 2.24) is 0 Å². The molecular formula is C13H15N. The number of fused-ring (bicyclic) bond motifs is 1. The first-order valence-corrected chi connectivity index (χ1v) is 5.00. The summed E-state index contributed by atoms with van der Waals surface area (Å²) in [4.78, 5) is 0. The van der Waals surface area contributed by atoms with Gasteiger partial charge < -0.3 is 5.73 Å². The van der Waals surface area contributed by atoms with Crippen molar-refractivity contribution in [2.75, 3.05) is 5.73 Å². The molecule has 0 radical (unpaired) electrons. The van der Waals surface area contributed by atoms with Gasteiger partial charge in [-0.25, -0.2) is 0 Å². The maximum Gasteiger partial charge on any atom is 0.0355 e. The molecule has 1 heteroatoms. The van der Waals surface area contributed by atoms with Crippen molar-refractivity contribution < 1.29 is 0 Å². The second kappa shape index (κ2) is 3.70. The van der Waals surface area contributed by atoms with Crippen LogP contribution in [0.2, 0.25) is 0 Å². The van der Waals surface area contributed by atoms with Gasteiger partial charge in [0.2, 0.25) is 0 Å². The van der Waals surface area contributed by atoms with Gasteiger partial charge >= 0.3 is 0 Å². The zero-order valence-electron chi connectivity index (χ0n) is 8.40. The molecule has 1 atom stereocenters. The maximum absolute atomic E-state index is 5.99. The Morgan fingerprint density at radius 3 is 3.00 bits per heavy atom. The number of nitrogens with two attached hydrogens (primary N) is 1. The third-order valence-corrected chi connectivity index (χ3v) is 2.68. The minimum absolute atomic E-state index is 0.507. The van der Waals surface area contributed by atoms with E-state index in [1.54, 1.807) is 0 Å². The molecule has 0 fully saturated rings. The predicted molar refractivity (Wildman–Crippen MR) is 62.1 cm³/mol. The van der Waals surface area contributed by atoms with Crippen molar-refractivity contribution in [3.63, 3.8) is 0 Å². The predicted octanol–water partition coefficient (Wildman–Crippen LogP) is 3.35. The van der Waals surface area contributed by atoms with Crippen LogP contribution in [0.15, 0.2) is 36.4 Å². The molecule has 1 aliphatic rings. The van der Waals surface area contributed by atoms with Crippen LogP contribution >= 0.6 is 0 Å². The van der Waals surface area contributed by atoms with E-state index in [0.717, 1.165) is 12.1 Å². The molecular weight excluding hydrogens is 170 g/mol. The lowest BCUT2D eigenvalue weighted by atomic mass is 9.90. The summed E-state index contributed by atoms with van der Waals surface area (Å²) in [6.07, 6.45) is 9.55. The van der Waals surface area contributed by atoms with E-state index < -0.39 is 0 Å². The lowest BCUT2D eigenvalue weighted by Gasteiger charge is -2.16. The number of rotatable bonds is 0. The van der Waals surface area contributed by atoms with E-state index in [0.29, 0.717) is 5.92 Å². The average Bonchev–Trinajstić information content (AvgIpc) is 2.13. The van der Waals surface area contributed by atoms with E-state index in [-0.39, 0.29) is 0 Å². The molecule has 0 saturated carbocycles. The molecule has 1 unspecified atom stereocenters. The summed E-state index contributed by atoms with van der Waals surface area (Å²) in [7, 11) is 0. The largest absolute Gasteiger partial charge is 0.398 e. The minimum Gasteiger partial charge on any atom is -0.398 e. The first-order valence-electron chi connectivity index (χ1n) is 5.00. The van der Waals surface area contributed by atoms with Crippen LogP contribution in [0, 0.1) is 0 Å². The smallest absolute Gasteiger partial charge is 0.0355 e. The van der Waals surface area contributed by atoms with Crippen LogP contribution in [0.1, 0.15) is 30.4 Å². The average molecular weight is 185 g/mol. The van der Waals surface area contributed by atoms with Crippen LogP contribution in [-0.4, -0.2) is 0 Å². The Labute approximate surface area is 84.9 Å². The highest BCUT2D eigenvalue weighted by Crippen LogP contribution is 2.30. The summed E-state index contributed by atoms with van der Waals surface area (Å²) < 4.78 is 0. The fourth-order valence-electron chi connectivity index (χ4n) is 1.95. The zero-order chi connectivity index (χ0) is 9.97. The molecule has 2 N–H and O–H groups in total. The highest BCUT2D eigenvalue weighted by molar-refractivity contribution is 5.65. The molecule has 1 aromatic rings. The third-order valence-electron chi connectivity index (χ3n) is 2.68. The van der Waals surface area contributed by atoms with Gasteiger partial charge in [-0.15, -0.1) is 0 Å². The quantitative estimate of drug-likeness (QED) is 0.616. The van der Waals surface area contributed by atoms with Gasteiger partial charge in [0, 0.05) is 5.69 Å². The topological polar surface area (TPSA) is 26.0 Å². The molecule has 0 spiro atoms. The standard InChI is InChI=1S/C13H15N/c1-10-6-3-2-4-7-11-8-5-9-12(14)13(10)11/h2-5,7-10H,6,14H2,1H3. The van der Waals surface area contributed by atoms with Gasteiger partial charge in [-0.2, -0.15) is 0 Å². The second-order valence-corrected chi connectivity index (χ2v) is 3.77. The molecule has 0 aliphatic heterocycles. The van der Waals surface area contributed by atoms with Crippen molar-refractivity contribution in [3.05, 3.63) is 47.6 Å². The molecule has 0 bridgehead atoms.